The van der Waals surface area contributed by atoms with Crippen molar-refractivity contribution in [1.82, 2.24) is 0 Å². The minimum absolute atomic E-state index is 0.181. The Kier molecular flexibility index (Phi) is 4.10. The molecule has 0 aromatic heterocycles. The van der Waals surface area contributed by atoms with Crippen molar-refractivity contribution in [1.29, 1.82) is 0 Å². The molecule has 0 aliphatic rings. The summed E-state index contributed by atoms with van der Waals surface area (Å²) in [4.78, 5) is 0.865. The Bertz CT molecular complexity index is 545. The summed E-state index contributed by atoms with van der Waals surface area (Å²) in [7, 11) is 1.64. The Morgan fingerprint density at radius 2 is 2.06 bits per heavy atom. The maximum Gasteiger partial charge on any atom is 0.147 e. The van der Waals surface area contributed by atoms with Gasteiger partial charge in [-0.2, -0.15) is 0 Å². The standard InChI is InChI=1S/C14H14FNOS/c1-17-11-4-2-3-10(7-11)9-18-12-5-6-14(16)13(15)8-12/h2-8H,9,16H2,1H3. The van der Waals surface area contributed by atoms with Crippen LogP contribution < -0.4 is 10.5 Å². The van der Waals surface area contributed by atoms with Crippen LogP contribution >= 0.6 is 11.8 Å². The second-order valence-corrected chi connectivity index (χ2v) is 4.87. The Labute approximate surface area is 110 Å². The predicted molar refractivity (Wildman–Crippen MR) is 73.4 cm³/mol. The van der Waals surface area contributed by atoms with E-state index < -0.39 is 0 Å². The number of hydrogen-bond donors (Lipinski definition) is 1. The number of ether oxygens (including phenoxy) is 1. The fraction of sp³-hybridized carbons (Fsp3) is 0.143. The zero-order valence-electron chi connectivity index (χ0n) is 10.0. The summed E-state index contributed by atoms with van der Waals surface area (Å²) in [6, 6.07) is 12.7. The van der Waals surface area contributed by atoms with Gasteiger partial charge in [-0.15, -0.1) is 11.8 Å². The summed E-state index contributed by atoms with van der Waals surface area (Å²) in [6.45, 7) is 0. The molecule has 0 atom stereocenters. The zero-order valence-corrected chi connectivity index (χ0v) is 10.8. The van der Waals surface area contributed by atoms with Crippen LogP contribution in [0.2, 0.25) is 0 Å². The zero-order chi connectivity index (χ0) is 13.0. The quantitative estimate of drug-likeness (QED) is 0.674. The normalized spacial score (nSPS) is 10.3. The predicted octanol–water partition coefficient (Wildman–Crippen LogP) is 3.71. The van der Waals surface area contributed by atoms with Gasteiger partial charge in [0.2, 0.25) is 0 Å². The third-order valence-corrected chi connectivity index (χ3v) is 3.58. The van der Waals surface area contributed by atoms with Crippen molar-refractivity contribution in [3.8, 4) is 5.75 Å². The minimum atomic E-state index is -0.370. The monoisotopic (exact) mass is 263 g/mol. The van der Waals surface area contributed by atoms with Crippen LogP contribution in [-0.2, 0) is 5.75 Å². The van der Waals surface area contributed by atoms with E-state index >= 15 is 0 Å². The molecule has 2 aromatic rings. The Hall–Kier alpha value is -1.68. The molecule has 0 aliphatic carbocycles. The lowest BCUT2D eigenvalue weighted by molar-refractivity contribution is 0.414. The third-order valence-electron chi connectivity index (χ3n) is 2.51. The molecular weight excluding hydrogens is 249 g/mol. The fourth-order valence-electron chi connectivity index (χ4n) is 1.53. The average Bonchev–Trinajstić information content (AvgIpc) is 2.40. The number of methoxy groups -OCH3 is 1. The smallest absolute Gasteiger partial charge is 0.147 e. The summed E-state index contributed by atoms with van der Waals surface area (Å²) in [6.07, 6.45) is 0. The number of thioether (sulfide) groups is 1. The number of hydrogen-bond acceptors (Lipinski definition) is 3. The van der Waals surface area contributed by atoms with E-state index in [1.165, 1.54) is 6.07 Å². The summed E-state index contributed by atoms with van der Waals surface area (Å²) < 4.78 is 18.4. The largest absolute Gasteiger partial charge is 0.497 e. The van der Waals surface area contributed by atoms with Crippen molar-refractivity contribution in [3.63, 3.8) is 0 Å². The van der Waals surface area contributed by atoms with Crippen molar-refractivity contribution < 1.29 is 9.13 Å². The van der Waals surface area contributed by atoms with E-state index in [2.05, 4.69) is 0 Å². The molecule has 0 spiro atoms. The molecule has 2 rings (SSSR count). The molecule has 2 N–H and O–H groups in total. The highest BCUT2D eigenvalue weighted by Gasteiger charge is 2.02. The number of benzene rings is 2. The summed E-state index contributed by atoms with van der Waals surface area (Å²) in [5, 5.41) is 0. The van der Waals surface area contributed by atoms with Gasteiger partial charge in [0.15, 0.2) is 0 Å². The summed E-state index contributed by atoms with van der Waals surface area (Å²) >= 11 is 1.56. The maximum absolute atomic E-state index is 13.3. The molecule has 0 amide bonds. The van der Waals surface area contributed by atoms with Gasteiger partial charge in [-0.25, -0.2) is 4.39 Å². The van der Waals surface area contributed by atoms with Crippen molar-refractivity contribution in [2.45, 2.75) is 10.6 Å². The van der Waals surface area contributed by atoms with Gasteiger partial charge in [-0.05, 0) is 35.9 Å². The number of rotatable bonds is 4. The van der Waals surface area contributed by atoms with Crippen molar-refractivity contribution in [2.24, 2.45) is 0 Å². The second-order valence-electron chi connectivity index (χ2n) is 3.82. The minimum Gasteiger partial charge on any atom is -0.497 e. The highest BCUT2D eigenvalue weighted by atomic mass is 32.2. The van der Waals surface area contributed by atoms with E-state index in [1.807, 2.05) is 30.3 Å². The third kappa shape index (κ3) is 3.17. The molecule has 0 saturated carbocycles. The lowest BCUT2D eigenvalue weighted by Gasteiger charge is -2.05. The first-order valence-corrected chi connectivity index (χ1v) is 6.48. The first-order valence-electron chi connectivity index (χ1n) is 5.50. The van der Waals surface area contributed by atoms with Crippen LogP contribution in [0.25, 0.3) is 0 Å². The molecule has 18 heavy (non-hydrogen) atoms. The Morgan fingerprint density at radius 1 is 1.22 bits per heavy atom. The lowest BCUT2D eigenvalue weighted by Crippen LogP contribution is -1.90. The molecule has 0 aliphatic heterocycles. The van der Waals surface area contributed by atoms with Crippen LogP contribution in [0.3, 0.4) is 0 Å². The first kappa shape index (κ1) is 12.8. The van der Waals surface area contributed by atoms with Gasteiger partial charge in [0.05, 0.1) is 12.8 Å². The highest BCUT2D eigenvalue weighted by Crippen LogP contribution is 2.26. The molecular formula is C14H14FNOS. The number of nitrogen functional groups attached to an aromatic ring is 1. The number of halogens is 1. The lowest BCUT2D eigenvalue weighted by atomic mass is 10.2. The fourth-order valence-corrected chi connectivity index (χ4v) is 2.39. The topological polar surface area (TPSA) is 35.2 Å². The molecule has 0 bridgehead atoms. The summed E-state index contributed by atoms with van der Waals surface area (Å²) in [5.41, 5.74) is 6.75. The molecule has 0 heterocycles. The van der Waals surface area contributed by atoms with Gasteiger partial charge >= 0.3 is 0 Å². The van der Waals surface area contributed by atoms with Crippen LogP contribution in [0, 0.1) is 5.82 Å². The van der Waals surface area contributed by atoms with E-state index in [1.54, 1.807) is 24.9 Å². The molecule has 94 valence electrons. The van der Waals surface area contributed by atoms with E-state index in [0.717, 1.165) is 22.0 Å². The van der Waals surface area contributed by atoms with Crippen LogP contribution in [0.5, 0.6) is 5.75 Å². The van der Waals surface area contributed by atoms with Crippen molar-refractivity contribution in [2.75, 3.05) is 12.8 Å². The van der Waals surface area contributed by atoms with Crippen LogP contribution in [-0.4, -0.2) is 7.11 Å². The maximum atomic E-state index is 13.3. The van der Waals surface area contributed by atoms with Gasteiger partial charge in [-0.1, -0.05) is 12.1 Å². The van der Waals surface area contributed by atoms with E-state index in [4.69, 9.17) is 10.5 Å². The van der Waals surface area contributed by atoms with Gasteiger partial charge in [-0.3, -0.25) is 0 Å². The number of anilines is 1. The van der Waals surface area contributed by atoms with E-state index in [-0.39, 0.29) is 11.5 Å². The molecule has 0 saturated heterocycles. The van der Waals surface area contributed by atoms with Crippen molar-refractivity contribution in [3.05, 3.63) is 53.8 Å². The first-order chi connectivity index (χ1) is 8.69. The Balaban J connectivity index is 2.04. The SMILES string of the molecule is COc1cccc(CSc2ccc(N)c(F)c2)c1. The van der Waals surface area contributed by atoms with Gasteiger partial charge in [0, 0.05) is 10.6 Å². The molecule has 2 aromatic carbocycles. The van der Waals surface area contributed by atoms with Crippen LogP contribution in [0.1, 0.15) is 5.56 Å². The molecule has 4 heteroatoms. The van der Waals surface area contributed by atoms with Crippen LogP contribution in [0.4, 0.5) is 10.1 Å². The Morgan fingerprint density at radius 3 is 2.78 bits per heavy atom. The molecule has 2 nitrogen and oxygen atoms in total. The van der Waals surface area contributed by atoms with Gasteiger partial charge in [0.25, 0.3) is 0 Å². The van der Waals surface area contributed by atoms with Gasteiger partial charge in [0.1, 0.15) is 11.6 Å². The van der Waals surface area contributed by atoms with E-state index in [9.17, 15) is 4.39 Å². The molecule has 0 radical (unpaired) electrons. The van der Waals surface area contributed by atoms with Crippen LogP contribution in [0.15, 0.2) is 47.4 Å². The second kappa shape index (κ2) is 5.78. The molecule has 0 unspecified atom stereocenters. The van der Waals surface area contributed by atoms with Gasteiger partial charge < -0.3 is 10.5 Å². The van der Waals surface area contributed by atoms with E-state index in [0.29, 0.717) is 0 Å². The molecule has 0 fully saturated rings. The average molecular weight is 263 g/mol. The van der Waals surface area contributed by atoms with Crippen molar-refractivity contribution >= 4 is 17.4 Å². The number of nitrogens with two attached hydrogens (primary N) is 1. The highest BCUT2D eigenvalue weighted by molar-refractivity contribution is 7.98. The summed E-state index contributed by atoms with van der Waals surface area (Å²) in [5.74, 6) is 1.22.